The van der Waals surface area contributed by atoms with Crippen LogP contribution in [0, 0.1) is 11.3 Å². The van der Waals surface area contributed by atoms with Crippen LogP contribution in [0.25, 0.3) is 0 Å². The molecule has 0 amide bonds. The summed E-state index contributed by atoms with van der Waals surface area (Å²) in [7, 11) is 4.90. The van der Waals surface area contributed by atoms with Crippen LogP contribution in [-0.4, -0.2) is 59.6 Å². The maximum Gasteiger partial charge on any atom is 0.203 e. The third-order valence-electron chi connectivity index (χ3n) is 5.60. The van der Waals surface area contributed by atoms with Crippen LogP contribution in [0.3, 0.4) is 0 Å². The monoisotopic (exact) mass is 435 g/mol. The van der Waals surface area contributed by atoms with Crippen molar-refractivity contribution in [3.05, 3.63) is 17.7 Å². The van der Waals surface area contributed by atoms with E-state index in [0.29, 0.717) is 23.2 Å². The molecule has 0 spiro atoms. The van der Waals surface area contributed by atoms with Crippen LogP contribution in [0.4, 0.5) is 0 Å². The lowest BCUT2D eigenvalue weighted by atomic mass is 9.78. The lowest BCUT2D eigenvalue weighted by Gasteiger charge is -2.39. The molecule has 1 aromatic carbocycles. The Hall–Kier alpha value is -2.15. The van der Waals surface area contributed by atoms with E-state index in [9.17, 15) is 0 Å². The van der Waals surface area contributed by atoms with Crippen LogP contribution in [0.1, 0.15) is 46.1 Å². The van der Waals surface area contributed by atoms with Gasteiger partial charge in [-0.05, 0) is 37.7 Å². The maximum absolute atomic E-state index is 6.11. The van der Waals surface area contributed by atoms with Gasteiger partial charge in [-0.3, -0.25) is 4.99 Å². The molecule has 176 valence electrons. The molecule has 7 nitrogen and oxygen atoms in total. The van der Waals surface area contributed by atoms with Crippen molar-refractivity contribution in [3.8, 4) is 17.2 Å². The van der Waals surface area contributed by atoms with Crippen LogP contribution >= 0.6 is 0 Å². The molecule has 1 aliphatic rings. The quantitative estimate of drug-likeness (QED) is 0.456. The Morgan fingerprint density at radius 1 is 1.10 bits per heavy atom. The van der Waals surface area contributed by atoms with E-state index in [4.69, 9.17) is 23.9 Å². The first-order chi connectivity index (χ1) is 14.8. The number of guanidine groups is 1. The van der Waals surface area contributed by atoms with Crippen molar-refractivity contribution < 1.29 is 18.9 Å². The number of benzene rings is 1. The Morgan fingerprint density at radius 2 is 1.84 bits per heavy atom. The van der Waals surface area contributed by atoms with Gasteiger partial charge in [-0.25, -0.2) is 0 Å². The summed E-state index contributed by atoms with van der Waals surface area (Å²) >= 11 is 0. The summed E-state index contributed by atoms with van der Waals surface area (Å²) in [5.74, 6) is 3.26. The summed E-state index contributed by atoms with van der Waals surface area (Å²) in [5, 5.41) is 6.80. The molecular formula is C24H41N3O4. The fraction of sp³-hybridized carbons (Fsp3) is 0.708. The number of rotatable bonds is 9. The molecule has 1 fully saturated rings. The standard InChI is InChI=1S/C24H41N3O4/c1-8-25-23(27-16-18-10-9-15-31-22(18)24(2,3)4)26-14-13-17-11-12-19(28-5)21(30-7)20(17)29-6/h11-12,18,22H,8-10,13-16H2,1-7H3,(H2,25,26,27). The lowest BCUT2D eigenvalue weighted by molar-refractivity contribution is -0.0823. The van der Waals surface area contributed by atoms with Crippen molar-refractivity contribution in [2.24, 2.45) is 16.3 Å². The number of ether oxygens (including phenoxy) is 4. The molecule has 1 saturated heterocycles. The van der Waals surface area contributed by atoms with E-state index < -0.39 is 0 Å². The summed E-state index contributed by atoms with van der Waals surface area (Å²) in [6, 6.07) is 3.92. The third kappa shape index (κ3) is 6.92. The SMILES string of the molecule is CCNC(=NCC1CCCOC1C(C)(C)C)NCCc1ccc(OC)c(OC)c1OC. The van der Waals surface area contributed by atoms with Crippen LogP contribution in [0.15, 0.2) is 17.1 Å². The summed E-state index contributed by atoms with van der Waals surface area (Å²) in [6.45, 7) is 12.0. The molecule has 1 heterocycles. The molecule has 0 bridgehead atoms. The van der Waals surface area contributed by atoms with Crippen molar-refractivity contribution in [3.63, 3.8) is 0 Å². The molecule has 31 heavy (non-hydrogen) atoms. The number of nitrogens with one attached hydrogen (secondary N) is 2. The van der Waals surface area contributed by atoms with Gasteiger partial charge in [-0.15, -0.1) is 0 Å². The molecule has 7 heteroatoms. The predicted octanol–water partition coefficient (Wildman–Crippen LogP) is 3.65. The van der Waals surface area contributed by atoms with E-state index in [1.165, 1.54) is 0 Å². The van der Waals surface area contributed by atoms with Gasteiger partial charge in [0.25, 0.3) is 0 Å². The van der Waals surface area contributed by atoms with Gasteiger partial charge in [-0.1, -0.05) is 26.8 Å². The molecule has 2 unspecified atom stereocenters. The van der Waals surface area contributed by atoms with E-state index in [0.717, 1.165) is 57.0 Å². The fourth-order valence-corrected chi connectivity index (χ4v) is 4.21. The van der Waals surface area contributed by atoms with E-state index in [2.05, 4.69) is 38.3 Å². The number of hydrogen-bond acceptors (Lipinski definition) is 5. The van der Waals surface area contributed by atoms with E-state index in [-0.39, 0.29) is 11.5 Å². The Kier molecular flexibility index (Phi) is 9.75. The Morgan fingerprint density at radius 3 is 2.45 bits per heavy atom. The molecule has 1 aromatic rings. The second-order valence-electron chi connectivity index (χ2n) is 8.95. The van der Waals surface area contributed by atoms with Crippen molar-refractivity contribution in [1.29, 1.82) is 0 Å². The number of methoxy groups -OCH3 is 3. The Balaban J connectivity index is 2.03. The zero-order valence-electron chi connectivity index (χ0n) is 20.3. The highest BCUT2D eigenvalue weighted by molar-refractivity contribution is 5.79. The minimum atomic E-state index is 0.121. The van der Waals surface area contributed by atoms with Crippen molar-refractivity contribution in [2.75, 3.05) is 47.6 Å². The zero-order chi connectivity index (χ0) is 22.9. The molecule has 0 aromatic heterocycles. The van der Waals surface area contributed by atoms with Gasteiger partial charge in [0.1, 0.15) is 0 Å². The largest absolute Gasteiger partial charge is 0.493 e. The molecule has 0 saturated carbocycles. The molecule has 2 rings (SSSR count). The van der Waals surface area contributed by atoms with Gasteiger partial charge in [0, 0.05) is 37.7 Å². The minimum absolute atomic E-state index is 0.121. The van der Waals surface area contributed by atoms with Gasteiger partial charge in [0.15, 0.2) is 17.5 Å². The summed E-state index contributed by atoms with van der Waals surface area (Å²) < 4.78 is 22.6. The summed E-state index contributed by atoms with van der Waals surface area (Å²) in [5.41, 5.74) is 1.17. The van der Waals surface area contributed by atoms with Gasteiger partial charge in [-0.2, -0.15) is 0 Å². The molecule has 2 N–H and O–H groups in total. The number of hydrogen-bond donors (Lipinski definition) is 2. The molecule has 1 aliphatic heterocycles. The highest BCUT2D eigenvalue weighted by Crippen LogP contribution is 2.39. The van der Waals surface area contributed by atoms with Crippen LogP contribution in [-0.2, 0) is 11.2 Å². The molecule has 2 atom stereocenters. The van der Waals surface area contributed by atoms with Crippen molar-refractivity contribution in [2.45, 2.75) is 53.1 Å². The second-order valence-corrected chi connectivity index (χ2v) is 8.95. The fourth-order valence-electron chi connectivity index (χ4n) is 4.21. The normalized spacial score (nSPS) is 19.6. The van der Waals surface area contributed by atoms with Crippen LogP contribution in [0.5, 0.6) is 17.2 Å². The van der Waals surface area contributed by atoms with Gasteiger partial charge in [0.05, 0.1) is 27.4 Å². The molecule has 0 radical (unpaired) electrons. The van der Waals surface area contributed by atoms with Crippen molar-refractivity contribution >= 4 is 5.96 Å². The van der Waals surface area contributed by atoms with E-state index >= 15 is 0 Å². The van der Waals surface area contributed by atoms with Crippen molar-refractivity contribution in [1.82, 2.24) is 10.6 Å². The lowest BCUT2D eigenvalue weighted by Crippen LogP contribution is -2.43. The van der Waals surface area contributed by atoms with Crippen LogP contribution in [0.2, 0.25) is 0 Å². The smallest absolute Gasteiger partial charge is 0.203 e. The van der Waals surface area contributed by atoms with E-state index in [1.807, 2.05) is 12.1 Å². The van der Waals surface area contributed by atoms with Gasteiger partial charge < -0.3 is 29.6 Å². The van der Waals surface area contributed by atoms with Gasteiger partial charge >= 0.3 is 0 Å². The van der Waals surface area contributed by atoms with Gasteiger partial charge in [0.2, 0.25) is 5.75 Å². The number of aliphatic imine (C=N–C) groups is 1. The predicted molar refractivity (Wildman–Crippen MR) is 126 cm³/mol. The third-order valence-corrected chi connectivity index (χ3v) is 5.60. The van der Waals surface area contributed by atoms with E-state index in [1.54, 1.807) is 21.3 Å². The second kappa shape index (κ2) is 12.0. The zero-order valence-corrected chi connectivity index (χ0v) is 20.3. The first-order valence-corrected chi connectivity index (χ1v) is 11.3. The first-order valence-electron chi connectivity index (χ1n) is 11.3. The number of nitrogens with zero attached hydrogens (tertiary/aromatic N) is 1. The average molecular weight is 436 g/mol. The minimum Gasteiger partial charge on any atom is -0.493 e. The topological polar surface area (TPSA) is 73.3 Å². The maximum atomic E-state index is 6.11. The molecule has 0 aliphatic carbocycles. The Bertz CT molecular complexity index is 716. The average Bonchev–Trinajstić information content (AvgIpc) is 2.76. The Labute approximate surface area is 187 Å². The highest BCUT2D eigenvalue weighted by atomic mass is 16.5. The first kappa shape index (κ1) is 25.1. The van der Waals surface area contributed by atoms with Crippen LogP contribution < -0.4 is 24.8 Å². The highest BCUT2D eigenvalue weighted by Gasteiger charge is 2.35. The molecular weight excluding hydrogens is 394 g/mol. The summed E-state index contributed by atoms with van der Waals surface area (Å²) in [6.07, 6.45) is 3.28. The summed E-state index contributed by atoms with van der Waals surface area (Å²) in [4.78, 5) is 4.87.